The van der Waals surface area contributed by atoms with Crippen molar-refractivity contribution in [3.63, 3.8) is 0 Å². The lowest BCUT2D eigenvalue weighted by molar-refractivity contribution is -0.113. The van der Waals surface area contributed by atoms with E-state index in [9.17, 15) is 9.59 Å². The Balaban J connectivity index is 1.25. The minimum Gasteiger partial charge on any atom is -0.333 e. The maximum atomic E-state index is 12.3. The predicted molar refractivity (Wildman–Crippen MR) is 140 cm³/mol. The molecule has 4 N–H and O–H groups in total. The van der Waals surface area contributed by atoms with Gasteiger partial charge in [-0.15, -0.1) is 0 Å². The number of carbonyl (C=O) groups excluding carboxylic acids is 2. The third-order valence-corrected chi connectivity index (χ3v) is 6.31. The Morgan fingerprint density at radius 2 is 1.71 bits per heavy atom. The fraction of sp³-hybridized carbons (Fsp3) is 0.0800. The maximum absolute atomic E-state index is 12.3. The number of hydrazine groups is 1. The van der Waals surface area contributed by atoms with Gasteiger partial charge in [0.25, 0.3) is 5.91 Å². The molecule has 34 heavy (non-hydrogen) atoms. The van der Waals surface area contributed by atoms with Gasteiger partial charge in [0, 0.05) is 21.9 Å². The molecule has 0 saturated carbocycles. The van der Waals surface area contributed by atoms with Crippen LogP contribution in [0.15, 0.2) is 88.6 Å². The summed E-state index contributed by atoms with van der Waals surface area (Å²) in [4.78, 5) is 32.1. The first-order valence-electron chi connectivity index (χ1n) is 10.4. The van der Waals surface area contributed by atoms with E-state index in [0.29, 0.717) is 16.4 Å². The SMILES string of the molecule is C/C(=C\NNC(=O)c1ccc(Br)cc1)c1ccc(NC(=O)CSc2nc3ccccc3[nH]2)cc1. The minimum atomic E-state index is -0.227. The molecule has 0 aliphatic carbocycles. The molecule has 0 aliphatic heterocycles. The highest BCUT2D eigenvalue weighted by Gasteiger charge is 2.08. The number of hydrogen-bond acceptors (Lipinski definition) is 5. The molecule has 0 unspecified atom stereocenters. The van der Waals surface area contributed by atoms with Gasteiger partial charge in [-0.1, -0.05) is 52.0 Å². The van der Waals surface area contributed by atoms with Gasteiger partial charge in [-0.05, 0) is 66.6 Å². The highest BCUT2D eigenvalue weighted by Crippen LogP contribution is 2.20. The molecule has 0 saturated heterocycles. The number of thioether (sulfide) groups is 1. The highest BCUT2D eigenvalue weighted by atomic mass is 79.9. The summed E-state index contributed by atoms with van der Waals surface area (Å²) in [5, 5.41) is 3.61. The lowest BCUT2D eigenvalue weighted by Crippen LogP contribution is -2.33. The number of carbonyl (C=O) groups is 2. The van der Waals surface area contributed by atoms with E-state index in [0.717, 1.165) is 26.6 Å². The van der Waals surface area contributed by atoms with Crippen LogP contribution in [0.3, 0.4) is 0 Å². The average molecular weight is 536 g/mol. The Morgan fingerprint density at radius 3 is 2.44 bits per heavy atom. The number of hydrogen-bond donors (Lipinski definition) is 4. The van der Waals surface area contributed by atoms with Crippen molar-refractivity contribution in [3.8, 4) is 0 Å². The van der Waals surface area contributed by atoms with Crippen molar-refractivity contribution in [2.75, 3.05) is 11.1 Å². The molecule has 4 rings (SSSR count). The van der Waals surface area contributed by atoms with Gasteiger partial charge in [0.05, 0.1) is 16.8 Å². The highest BCUT2D eigenvalue weighted by molar-refractivity contribution is 9.10. The summed E-state index contributed by atoms with van der Waals surface area (Å²) in [5.41, 5.74) is 10.5. The number of fused-ring (bicyclic) bond motifs is 1. The Labute approximate surface area is 209 Å². The van der Waals surface area contributed by atoms with Gasteiger partial charge in [-0.2, -0.15) is 0 Å². The number of rotatable bonds is 8. The maximum Gasteiger partial charge on any atom is 0.269 e. The number of para-hydroxylation sites is 2. The quantitative estimate of drug-likeness (QED) is 0.180. The topological polar surface area (TPSA) is 98.9 Å². The Hall–Kier alpha value is -3.56. The third-order valence-electron chi connectivity index (χ3n) is 4.91. The molecule has 0 bridgehead atoms. The number of allylic oxidation sites excluding steroid dienone is 1. The van der Waals surface area contributed by atoms with Crippen LogP contribution in [-0.4, -0.2) is 27.5 Å². The van der Waals surface area contributed by atoms with Gasteiger partial charge >= 0.3 is 0 Å². The number of anilines is 1. The van der Waals surface area contributed by atoms with Crippen LogP contribution < -0.4 is 16.2 Å². The molecule has 3 aromatic carbocycles. The fourth-order valence-electron chi connectivity index (χ4n) is 3.11. The van der Waals surface area contributed by atoms with Crippen LogP contribution in [0.4, 0.5) is 5.69 Å². The molecule has 1 heterocycles. The zero-order chi connectivity index (χ0) is 23.9. The molecule has 0 spiro atoms. The van der Waals surface area contributed by atoms with Crippen molar-refractivity contribution < 1.29 is 9.59 Å². The van der Waals surface area contributed by atoms with E-state index in [-0.39, 0.29) is 17.6 Å². The first-order valence-corrected chi connectivity index (χ1v) is 12.2. The van der Waals surface area contributed by atoms with Crippen molar-refractivity contribution in [2.24, 2.45) is 0 Å². The normalized spacial score (nSPS) is 11.3. The zero-order valence-corrected chi connectivity index (χ0v) is 20.7. The minimum absolute atomic E-state index is 0.109. The fourth-order valence-corrected chi connectivity index (χ4v) is 4.06. The van der Waals surface area contributed by atoms with Crippen LogP contribution in [-0.2, 0) is 4.79 Å². The summed E-state index contributed by atoms with van der Waals surface area (Å²) >= 11 is 4.71. The van der Waals surface area contributed by atoms with E-state index in [2.05, 4.69) is 42.1 Å². The van der Waals surface area contributed by atoms with Crippen LogP contribution in [0.1, 0.15) is 22.8 Å². The Bertz CT molecular complexity index is 1300. The van der Waals surface area contributed by atoms with E-state index < -0.39 is 0 Å². The van der Waals surface area contributed by atoms with Crippen molar-refractivity contribution in [1.82, 2.24) is 20.8 Å². The van der Waals surface area contributed by atoms with Crippen molar-refractivity contribution in [2.45, 2.75) is 12.1 Å². The molecule has 0 atom stereocenters. The summed E-state index contributed by atoms with van der Waals surface area (Å²) in [6.07, 6.45) is 1.72. The second kappa shape index (κ2) is 11.0. The van der Waals surface area contributed by atoms with Crippen LogP contribution in [0.5, 0.6) is 0 Å². The summed E-state index contributed by atoms with van der Waals surface area (Å²) in [5.74, 6) is -0.0828. The standard InChI is InChI=1S/C25H22BrN5O2S/c1-16(14-27-31-24(33)18-6-10-19(26)11-7-18)17-8-12-20(13-9-17)28-23(32)15-34-25-29-21-4-2-3-5-22(21)30-25/h2-14,27H,15H2,1H3,(H,28,32)(H,29,30)(H,31,33)/b16-14+. The van der Waals surface area contributed by atoms with E-state index in [4.69, 9.17) is 0 Å². The molecule has 0 fully saturated rings. The van der Waals surface area contributed by atoms with Crippen molar-refractivity contribution >= 4 is 61.8 Å². The Kier molecular flexibility index (Phi) is 7.66. The molecule has 0 radical (unpaired) electrons. The molecule has 1 aromatic heterocycles. The number of benzene rings is 3. The predicted octanol–water partition coefficient (Wildman–Crippen LogP) is 5.35. The van der Waals surface area contributed by atoms with Gasteiger partial charge in [0.1, 0.15) is 0 Å². The monoisotopic (exact) mass is 535 g/mol. The third kappa shape index (κ3) is 6.27. The second-order valence-electron chi connectivity index (χ2n) is 7.41. The second-order valence-corrected chi connectivity index (χ2v) is 9.29. The first kappa shape index (κ1) is 23.6. The van der Waals surface area contributed by atoms with Gasteiger partial charge in [0.2, 0.25) is 5.91 Å². The smallest absolute Gasteiger partial charge is 0.269 e. The Morgan fingerprint density at radius 1 is 1.00 bits per heavy atom. The molecule has 4 aromatic rings. The number of nitrogens with zero attached hydrogens (tertiary/aromatic N) is 1. The van der Waals surface area contributed by atoms with E-state index >= 15 is 0 Å². The van der Waals surface area contributed by atoms with Gasteiger partial charge in [-0.3, -0.25) is 15.0 Å². The van der Waals surface area contributed by atoms with Gasteiger partial charge in [0.15, 0.2) is 5.16 Å². The van der Waals surface area contributed by atoms with E-state index in [1.807, 2.05) is 67.6 Å². The summed E-state index contributed by atoms with van der Waals surface area (Å²) < 4.78 is 0.914. The van der Waals surface area contributed by atoms with Crippen LogP contribution in [0.2, 0.25) is 0 Å². The van der Waals surface area contributed by atoms with Crippen molar-refractivity contribution in [1.29, 1.82) is 0 Å². The number of nitrogens with one attached hydrogen (secondary N) is 4. The molecule has 0 aliphatic rings. The molecule has 7 nitrogen and oxygen atoms in total. The molecule has 172 valence electrons. The summed E-state index contributed by atoms with van der Waals surface area (Å²) in [7, 11) is 0. The molecular weight excluding hydrogens is 514 g/mol. The first-order chi connectivity index (χ1) is 16.5. The largest absolute Gasteiger partial charge is 0.333 e. The summed E-state index contributed by atoms with van der Waals surface area (Å²) in [6, 6.07) is 22.4. The molecule has 9 heteroatoms. The van der Waals surface area contributed by atoms with E-state index in [1.54, 1.807) is 18.3 Å². The number of amides is 2. The average Bonchev–Trinajstić information content (AvgIpc) is 3.26. The number of aromatic nitrogens is 2. The molecular formula is C25H22BrN5O2S. The zero-order valence-electron chi connectivity index (χ0n) is 18.3. The van der Waals surface area contributed by atoms with Crippen LogP contribution >= 0.6 is 27.7 Å². The van der Waals surface area contributed by atoms with Crippen LogP contribution in [0.25, 0.3) is 16.6 Å². The van der Waals surface area contributed by atoms with Crippen LogP contribution in [0, 0.1) is 0 Å². The molecule has 2 amide bonds. The number of aromatic amines is 1. The lowest BCUT2D eigenvalue weighted by Gasteiger charge is -2.08. The number of imidazole rings is 1. The summed E-state index contributed by atoms with van der Waals surface area (Å²) in [6.45, 7) is 1.93. The number of halogens is 1. The van der Waals surface area contributed by atoms with Gasteiger partial charge in [-0.25, -0.2) is 4.98 Å². The van der Waals surface area contributed by atoms with Gasteiger partial charge < -0.3 is 15.7 Å². The van der Waals surface area contributed by atoms with E-state index in [1.165, 1.54) is 11.8 Å². The number of H-pyrrole nitrogens is 1. The lowest BCUT2D eigenvalue weighted by atomic mass is 10.1. The van der Waals surface area contributed by atoms with Crippen molar-refractivity contribution in [3.05, 3.63) is 94.6 Å².